The van der Waals surface area contributed by atoms with Crippen molar-refractivity contribution in [3.05, 3.63) is 59.8 Å². The van der Waals surface area contributed by atoms with Crippen molar-refractivity contribution in [1.29, 1.82) is 0 Å². The summed E-state index contributed by atoms with van der Waals surface area (Å²) < 4.78 is 13.8. The second kappa shape index (κ2) is 14.2. The lowest BCUT2D eigenvalue weighted by Gasteiger charge is -2.24. The monoisotopic (exact) mass is 523 g/mol. The number of carboxylic acid groups (broad SMARTS) is 1. The van der Waals surface area contributed by atoms with Crippen LogP contribution in [0.3, 0.4) is 0 Å². The smallest absolute Gasteiger partial charge is 0.335 e. The maximum Gasteiger partial charge on any atom is 0.335 e. The molecule has 1 aromatic heterocycles. The molecule has 0 saturated carbocycles. The van der Waals surface area contributed by atoms with E-state index in [0.29, 0.717) is 12.3 Å². The van der Waals surface area contributed by atoms with Gasteiger partial charge in [-0.1, -0.05) is 72.6 Å². The minimum atomic E-state index is -0.949. The van der Waals surface area contributed by atoms with Gasteiger partial charge < -0.3 is 24.3 Å². The molecule has 0 fully saturated rings. The van der Waals surface area contributed by atoms with Crippen molar-refractivity contribution < 1.29 is 24.5 Å². The minimum absolute atomic E-state index is 0.148. The summed E-state index contributed by atoms with van der Waals surface area (Å²) in [5.74, 6) is 0.563. The highest BCUT2D eigenvalue weighted by molar-refractivity contribution is 5.94. The van der Waals surface area contributed by atoms with E-state index in [9.17, 15) is 15.0 Å². The van der Waals surface area contributed by atoms with Crippen LogP contribution in [0.2, 0.25) is 0 Å². The molecular weight excluding hydrogens is 478 g/mol. The lowest BCUT2D eigenvalue weighted by atomic mass is 9.92. The standard InChI is InChI=1S/C32H45NO5/c1-5-6-7-8-9-10-11-12-19-37-27-14-16-28(17-15-27)38-23-26(34)22-33-29-18-13-24(31(35)36)20-25(29)21-30(33)32(2,3)4/h13-18,20-21,26,34H,5-12,19,22-23H2,1-4H3,(H,35,36). The first kappa shape index (κ1) is 29.6. The van der Waals surface area contributed by atoms with Gasteiger partial charge in [0, 0.05) is 22.0 Å². The number of carbonyl (C=O) groups is 1. The summed E-state index contributed by atoms with van der Waals surface area (Å²) in [6.07, 6.45) is 9.49. The van der Waals surface area contributed by atoms with Gasteiger partial charge in [0.1, 0.15) is 24.2 Å². The van der Waals surface area contributed by atoms with Crippen LogP contribution in [0.1, 0.15) is 95.1 Å². The summed E-state index contributed by atoms with van der Waals surface area (Å²) in [7, 11) is 0. The largest absolute Gasteiger partial charge is 0.494 e. The predicted molar refractivity (Wildman–Crippen MR) is 154 cm³/mol. The predicted octanol–water partition coefficient (Wildman–Crippen LogP) is 7.60. The molecule has 2 N–H and O–H groups in total. The first-order chi connectivity index (χ1) is 18.2. The van der Waals surface area contributed by atoms with Gasteiger partial charge in [-0.05, 0) is 55.0 Å². The molecule has 3 aromatic rings. The van der Waals surface area contributed by atoms with Crippen LogP contribution < -0.4 is 9.47 Å². The highest BCUT2D eigenvalue weighted by atomic mass is 16.5. The van der Waals surface area contributed by atoms with Crippen LogP contribution in [0.5, 0.6) is 11.5 Å². The number of carboxylic acids is 1. The van der Waals surface area contributed by atoms with Gasteiger partial charge >= 0.3 is 5.97 Å². The van der Waals surface area contributed by atoms with E-state index >= 15 is 0 Å². The fourth-order valence-corrected chi connectivity index (χ4v) is 4.74. The van der Waals surface area contributed by atoms with Crippen LogP contribution in [-0.2, 0) is 12.0 Å². The van der Waals surface area contributed by atoms with E-state index < -0.39 is 12.1 Å². The Morgan fingerprint density at radius 3 is 2.08 bits per heavy atom. The molecule has 1 atom stereocenters. The zero-order chi connectivity index (χ0) is 27.5. The van der Waals surface area contributed by atoms with E-state index in [-0.39, 0.29) is 17.6 Å². The Hall–Kier alpha value is -2.99. The number of hydrogen-bond donors (Lipinski definition) is 2. The molecule has 0 bridgehead atoms. The zero-order valence-corrected chi connectivity index (χ0v) is 23.5. The molecule has 0 spiro atoms. The van der Waals surface area contributed by atoms with Gasteiger partial charge in [-0.15, -0.1) is 0 Å². The Kier molecular flexibility index (Phi) is 11.1. The van der Waals surface area contributed by atoms with Gasteiger partial charge in [-0.25, -0.2) is 4.79 Å². The number of ether oxygens (including phenoxy) is 2. The third kappa shape index (κ3) is 8.80. The van der Waals surface area contributed by atoms with Gasteiger partial charge in [-0.2, -0.15) is 0 Å². The fraction of sp³-hybridized carbons (Fsp3) is 0.531. The molecule has 6 nitrogen and oxygen atoms in total. The topological polar surface area (TPSA) is 80.9 Å². The molecule has 0 aliphatic rings. The molecular formula is C32H45NO5. The first-order valence-electron chi connectivity index (χ1n) is 14.1. The summed E-state index contributed by atoms with van der Waals surface area (Å²) >= 11 is 0. The third-order valence-electron chi connectivity index (χ3n) is 6.84. The summed E-state index contributed by atoms with van der Waals surface area (Å²) in [6, 6.07) is 14.7. The molecule has 3 rings (SSSR count). The van der Waals surface area contributed by atoms with Gasteiger partial charge in [-0.3, -0.25) is 0 Å². The van der Waals surface area contributed by atoms with Gasteiger partial charge in [0.15, 0.2) is 0 Å². The van der Waals surface area contributed by atoms with Crippen molar-refractivity contribution in [1.82, 2.24) is 4.57 Å². The molecule has 0 saturated heterocycles. The molecule has 1 heterocycles. The Labute approximate surface area is 227 Å². The molecule has 0 aliphatic heterocycles. The Bertz CT molecular complexity index is 1140. The van der Waals surface area contributed by atoms with E-state index in [1.165, 1.54) is 44.9 Å². The lowest BCUT2D eigenvalue weighted by molar-refractivity contribution is 0.0697. The zero-order valence-electron chi connectivity index (χ0n) is 23.5. The van der Waals surface area contributed by atoms with Crippen molar-refractivity contribution in [3.8, 4) is 11.5 Å². The molecule has 6 heteroatoms. The van der Waals surface area contributed by atoms with Crippen LogP contribution in [0.4, 0.5) is 0 Å². The number of aromatic nitrogens is 1. The number of hydrogen-bond acceptors (Lipinski definition) is 4. The van der Waals surface area contributed by atoms with Gasteiger partial charge in [0.05, 0.1) is 18.7 Å². The molecule has 0 radical (unpaired) electrons. The van der Waals surface area contributed by atoms with E-state index in [2.05, 4.69) is 32.3 Å². The molecule has 2 aromatic carbocycles. The van der Waals surface area contributed by atoms with Crippen LogP contribution in [-0.4, -0.2) is 40.1 Å². The van der Waals surface area contributed by atoms with Crippen molar-refractivity contribution >= 4 is 16.9 Å². The highest BCUT2D eigenvalue weighted by Gasteiger charge is 2.23. The minimum Gasteiger partial charge on any atom is -0.494 e. The van der Waals surface area contributed by atoms with Gasteiger partial charge in [0.2, 0.25) is 0 Å². The first-order valence-corrected chi connectivity index (χ1v) is 14.1. The maximum absolute atomic E-state index is 11.4. The molecule has 0 amide bonds. The molecule has 1 unspecified atom stereocenters. The van der Waals surface area contributed by atoms with E-state index in [4.69, 9.17) is 9.47 Å². The van der Waals surface area contributed by atoms with Crippen molar-refractivity contribution in [2.75, 3.05) is 13.2 Å². The lowest BCUT2D eigenvalue weighted by Crippen LogP contribution is -2.27. The van der Waals surface area contributed by atoms with Crippen molar-refractivity contribution in [2.24, 2.45) is 0 Å². The quantitative estimate of drug-likeness (QED) is 0.189. The summed E-state index contributed by atoms with van der Waals surface area (Å²) in [5, 5.41) is 21.0. The molecule has 208 valence electrons. The maximum atomic E-state index is 11.4. The number of fused-ring (bicyclic) bond motifs is 1. The van der Waals surface area contributed by atoms with Crippen molar-refractivity contribution in [3.63, 3.8) is 0 Å². The Morgan fingerprint density at radius 1 is 0.868 bits per heavy atom. The summed E-state index contributed by atoms with van der Waals surface area (Å²) in [6.45, 7) is 9.79. The molecule has 0 aliphatic carbocycles. The van der Waals surface area contributed by atoms with E-state index in [1.54, 1.807) is 12.1 Å². The summed E-state index contributed by atoms with van der Waals surface area (Å²) in [4.78, 5) is 11.4. The average molecular weight is 524 g/mol. The van der Waals surface area contributed by atoms with E-state index in [1.807, 2.05) is 36.4 Å². The molecule has 38 heavy (non-hydrogen) atoms. The second-order valence-electron chi connectivity index (χ2n) is 11.2. The van der Waals surface area contributed by atoms with Crippen LogP contribution >= 0.6 is 0 Å². The van der Waals surface area contributed by atoms with Gasteiger partial charge in [0.25, 0.3) is 0 Å². The fourth-order valence-electron chi connectivity index (χ4n) is 4.74. The normalized spacial score (nSPS) is 12.6. The Morgan fingerprint density at radius 2 is 1.47 bits per heavy atom. The Balaban J connectivity index is 1.48. The van der Waals surface area contributed by atoms with Crippen molar-refractivity contribution in [2.45, 2.75) is 97.1 Å². The van der Waals surface area contributed by atoms with E-state index in [0.717, 1.165) is 35.4 Å². The van der Waals surface area contributed by atoms with Crippen LogP contribution in [0.25, 0.3) is 10.9 Å². The second-order valence-corrected chi connectivity index (χ2v) is 11.2. The number of unbranched alkanes of at least 4 members (excludes halogenated alkanes) is 7. The number of aromatic carboxylic acids is 1. The SMILES string of the molecule is CCCCCCCCCCOc1ccc(OCC(O)Cn2c(C(C)(C)C)cc3cc(C(=O)O)ccc32)cc1. The number of aliphatic hydroxyl groups excluding tert-OH is 1. The third-order valence-corrected chi connectivity index (χ3v) is 6.84. The summed E-state index contributed by atoms with van der Waals surface area (Å²) in [5.41, 5.74) is 2.02. The number of aliphatic hydroxyl groups is 1. The van der Waals surface area contributed by atoms with Crippen LogP contribution in [0.15, 0.2) is 48.5 Å². The number of nitrogens with zero attached hydrogens (tertiary/aromatic N) is 1. The number of rotatable bonds is 16. The average Bonchev–Trinajstić information content (AvgIpc) is 3.25. The highest BCUT2D eigenvalue weighted by Crippen LogP contribution is 2.30. The van der Waals surface area contributed by atoms with Crippen LogP contribution in [0, 0.1) is 0 Å². The number of benzene rings is 2.